The molecule has 3 heterocycles. The number of esters is 2. The molecule has 0 unspecified atom stereocenters. The zero-order valence-corrected chi connectivity index (χ0v) is 24.1. The van der Waals surface area contributed by atoms with Crippen molar-refractivity contribution in [3.05, 3.63) is 58.8 Å². The second-order valence-corrected chi connectivity index (χ2v) is 10.3. The number of piperidine rings is 1. The molecule has 10 nitrogen and oxygen atoms in total. The van der Waals surface area contributed by atoms with Gasteiger partial charge in [0, 0.05) is 30.4 Å². The molecule has 4 rings (SSSR count). The first kappa shape index (κ1) is 29.3. The highest BCUT2D eigenvalue weighted by Gasteiger charge is 2.43. The molecule has 11 heteroatoms. The Bertz CT molecular complexity index is 1270. The van der Waals surface area contributed by atoms with Crippen molar-refractivity contribution in [1.82, 2.24) is 9.80 Å². The van der Waals surface area contributed by atoms with Crippen molar-refractivity contribution in [2.45, 2.75) is 39.2 Å². The van der Waals surface area contributed by atoms with Crippen molar-refractivity contribution < 1.29 is 33.3 Å². The number of methoxy groups -OCH3 is 2. The number of nitrogens with zero attached hydrogens (tertiary/aromatic N) is 3. The molecular weight excluding hydrogens is 534 g/mol. The predicted molar refractivity (Wildman–Crippen MR) is 152 cm³/mol. The largest absolute Gasteiger partial charge is 0.497 e. The van der Waals surface area contributed by atoms with Gasteiger partial charge in [-0.3, -0.25) is 9.59 Å². The second kappa shape index (κ2) is 13.1. The van der Waals surface area contributed by atoms with E-state index in [1.165, 1.54) is 17.8 Å². The summed E-state index contributed by atoms with van der Waals surface area (Å²) in [5.74, 6) is -0.113. The number of benzene rings is 1. The van der Waals surface area contributed by atoms with Crippen LogP contribution in [0, 0.1) is 5.92 Å². The maximum absolute atomic E-state index is 13.5. The number of allylic oxidation sites excluding steroid dienone is 1. The van der Waals surface area contributed by atoms with Gasteiger partial charge in [0.25, 0.3) is 0 Å². The molecule has 0 N–H and O–H groups in total. The SMILES string of the molecule is C=CCOC(=O)C1=C(C)N=C2SC=C(CC(=O)N3CCC[C@@H](C(=O)OCC)C3)N2[C@@H]1c1ccc(OC)cc1OC. The van der Waals surface area contributed by atoms with Crippen LogP contribution < -0.4 is 9.47 Å². The highest BCUT2D eigenvalue weighted by molar-refractivity contribution is 8.16. The lowest BCUT2D eigenvalue weighted by Crippen LogP contribution is -2.44. The van der Waals surface area contributed by atoms with E-state index < -0.39 is 12.0 Å². The van der Waals surface area contributed by atoms with Crippen LogP contribution in [-0.2, 0) is 23.9 Å². The van der Waals surface area contributed by atoms with Crippen LogP contribution in [0.3, 0.4) is 0 Å². The monoisotopic (exact) mass is 569 g/mol. The Morgan fingerprint density at radius 3 is 2.70 bits per heavy atom. The average Bonchev–Trinajstić information content (AvgIpc) is 3.36. The van der Waals surface area contributed by atoms with Crippen molar-refractivity contribution in [1.29, 1.82) is 0 Å². The number of hydrogen-bond acceptors (Lipinski definition) is 10. The Morgan fingerprint density at radius 2 is 2.00 bits per heavy atom. The quantitative estimate of drug-likeness (QED) is 0.303. The van der Waals surface area contributed by atoms with Gasteiger partial charge >= 0.3 is 11.9 Å². The van der Waals surface area contributed by atoms with E-state index in [9.17, 15) is 14.4 Å². The third-order valence-electron chi connectivity index (χ3n) is 7.01. The number of amidine groups is 1. The van der Waals surface area contributed by atoms with Gasteiger partial charge in [0.1, 0.15) is 18.1 Å². The van der Waals surface area contributed by atoms with Gasteiger partial charge in [0.05, 0.1) is 50.5 Å². The molecule has 40 heavy (non-hydrogen) atoms. The molecule has 0 radical (unpaired) electrons. The summed E-state index contributed by atoms with van der Waals surface area (Å²) >= 11 is 1.39. The van der Waals surface area contributed by atoms with Gasteiger partial charge in [-0.1, -0.05) is 24.4 Å². The molecule has 3 aliphatic heterocycles. The average molecular weight is 570 g/mol. The molecular formula is C29H35N3O7S. The molecule has 2 atom stereocenters. The number of thioether (sulfide) groups is 1. The number of carbonyl (C=O) groups excluding carboxylic acids is 3. The lowest BCUT2D eigenvalue weighted by atomic mass is 9.92. The van der Waals surface area contributed by atoms with Gasteiger partial charge in [0.2, 0.25) is 5.91 Å². The van der Waals surface area contributed by atoms with Crippen LogP contribution in [-0.4, -0.2) is 73.3 Å². The Kier molecular flexibility index (Phi) is 9.57. The lowest BCUT2D eigenvalue weighted by Gasteiger charge is -2.37. The maximum atomic E-state index is 13.5. The molecule has 1 amide bonds. The number of hydrogen-bond donors (Lipinski definition) is 0. The summed E-state index contributed by atoms with van der Waals surface area (Å²) in [7, 11) is 3.12. The first-order valence-corrected chi connectivity index (χ1v) is 14.1. The minimum atomic E-state index is -0.659. The Morgan fingerprint density at radius 1 is 1.20 bits per heavy atom. The lowest BCUT2D eigenvalue weighted by molar-refractivity contribution is -0.151. The molecule has 0 saturated carbocycles. The van der Waals surface area contributed by atoms with E-state index in [0.29, 0.717) is 65.3 Å². The van der Waals surface area contributed by atoms with Crippen molar-refractivity contribution in [2.24, 2.45) is 10.9 Å². The fourth-order valence-electron chi connectivity index (χ4n) is 5.10. The number of amides is 1. The number of ether oxygens (including phenoxy) is 4. The molecule has 1 fully saturated rings. The third-order valence-corrected chi connectivity index (χ3v) is 7.90. The number of rotatable bonds is 10. The summed E-state index contributed by atoms with van der Waals surface area (Å²) < 4.78 is 21.8. The number of likely N-dealkylation sites (tertiary alicyclic amines) is 1. The van der Waals surface area contributed by atoms with Crippen LogP contribution >= 0.6 is 11.8 Å². The number of fused-ring (bicyclic) bond motifs is 1. The van der Waals surface area contributed by atoms with Crippen LogP contribution in [0.2, 0.25) is 0 Å². The summed E-state index contributed by atoms with van der Waals surface area (Å²) in [4.78, 5) is 47.5. The standard InChI is InChI=1S/C29H35N3O7S/c1-6-13-39-28(35)25-18(3)30-29-32(26(25)22-11-10-21(36-4)15-23(22)37-5)20(17-40-29)14-24(33)31-12-8-9-19(16-31)27(34)38-7-2/h6,10-11,15,17,19,26H,1,7-9,12-14,16H2,2-5H3/t19-,26-/m1/s1. The summed E-state index contributed by atoms with van der Waals surface area (Å²) in [5.41, 5.74) is 2.25. The number of carbonyl (C=O) groups is 3. The zero-order valence-electron chi connectivity index (χ0n) is 23.3. The third kappa shape index (κ3) is 6.04. The highest BCUT2D eigenvalue weighted by atomic mass is 32.2. The van der Waals surface area contributed by atoms with Gasteiger partial charge in [-0.25, -0.2) is 9.79 Å². The molecule has 0 aromatic heterocycles. The van der Waals surface area contributed by atoms with Crippen LogP contribution in [0.5, 0.6) is 11.5 Å². The van der Waals surface area contributed by atoms with Crippen LogP contribution in [0.25, 0.3) is 0 Å². The Balaban J connectivity index is 1.67. The Hall–Kier alpha value is -3.73. The molecule has 0 bridgehead atoms. The van der Waals surface area contributed by atoms with Gasteiger partial charge in [-0.05, 0) is 44.2 Å². The summed E-state index contributed by atoms with van der Waals surface area (Å²) in [5, 5.41) is 2.53. The van der Waals surface area contributed by atoms with Crippen molar-refractivity contribution >= 4 is 34.8 Å². The molecule has 1 aromatic carbocycles. The minimum Gasteiger partial charge on any atom is -0.497 e. The molecule has 1 aromatic rings. The van der Waals surface area contributed by atoms with Crippen molar-refractivity contribution in [3.8, 4) is 11.5 Å². The predicted octanol–water partition coefficient (Wildman–Crippen LogP) is 4.20. The maximum Gasteiger partial charge on any atom is 0.338 e. The first-order chi connectivity index (χ1) is 19.3. The first-order valence-electron chi connectivity index (χ1n) is 13.2. The smallest absolute Gasteiger partial charge is 0.338 e. The van der Waals surface area contributed by atoms with E-state index >= 15 is 0 Å². The normalized spacial score (nSPS) is 20.3. The molecule has 214 valence electrons. The Labute approximate surface area is 238 Å². The molecule has 0 spiro atoms. The van der Waals surface area contributed by atoms with Crippen LogP contribution in [0.1, 0.15) is 44.7 Å². The molecule has 3 aliphatic rings. The minimum absolute atomic E-state index is 0.0468. The van der Waals surface area contributed by atoms with Gasteiger partial charge < -0.3 is 28.7 Å². The molecule has 0 aliphatic carbocycles. The van der Waals surface area contributed by atoms with E-state index in [1.54, 1.807) is 45.1 Å². The molecule has 1 saturated heterocycles. The topological polar surface area (TPSA) is 107 Å². The van der Waals surface area contributed by atoms with Crippen molar-refractivity contribution in [3.63, 3.8) is 0 Å². The number of aliphatic imine (C=N–C) groups is 1. The van der Waals surface area contributed by atoms with Crippen LogP contribution in [0.15, 0.2) is 58.2 Å². The van der Waals surface area contributed by atoms with Crippen molar-refractivity contribution in [2.75, 3.05) is 40.5 Å². The zero-order chi connectivity index (χ0) is 28.8. The fourth-order valence-corrected chi connectivity index (χ4v) is 6.07. The van der Waals surface area contributed by atoms with E-state index in [2.05, 4.69) is 6.58 Å². The van der Waals surface area contributed by atoms with E-state index in [1.807, 2.05) is 16.4 Å². The van der Waals surface area contributed by atoms with E-state index in [4.69, 9.17) is 23.9 Å². The van der Waals surface area contributed by atoms with Gasteiger partial charge in [0.15, 0.2) is 5.17 Å². The van der Waals surface area contributed by atoms with E-state index in [0.717, 1.165) is 6.42 Å². The van der Waals surface area contributed by atoms with Crippen LogP contribution in [0.4, 0.5) is 0 Å². The second-order valence-electron chi connectivity index (χ2n) is 9.50. The fraction of sp³-hybridized carbons (Fsp3) is 0.448. The summed E-state index contributed by atoms with van der Waals surface area (Å²) in [6.45, 7) is 8.44. The summed E-state index contributed by atoms with van der Waals surface area (Å²) in [6, 6.07) is 4.74. The highest BCUT2D eigenvalue weighted by Crippen LogP contribution is 2.47. The summed E-state index contributed by atoms with van der Waals surface area (Å²) in [6.07, 6.45) is 3.01. The van der Waals surface area contributed by atoms with Gasteiger partial charge in [-0.15, -0.1) is 0 Å². The van der Waals surface area contributed by atoms with Gasteiger partial charge in [-0.2, -0.15) is 0 Å². The van der Waals surface area contributed by atoms with E-state index in [-0.39, 0.29) is 30.8 Å².